The molecule has 1 aliphatic heterocycles. The molecule has 0 aliphatic carbocycles. The highest BCUT2D eigenvalue weighted by molar-refractivity contribution is 9.09. The van der Waals surface area contributed by atoms with E-state index in [-0.39, 0.29) is 11.9 Å². The number of hydrogen-bond acceptors (Lipinski definition) is 2. The summed E-state index contributed by atoms with van der Waals surface area (Å²) >= 11 is 3.30. The summed E-state index contributed by atoms with van der Waals surface area (Å²) in [6.45, 7) is 0.623. The molecule has 0 bridgehead atoms. The van der Waals surface area contributed by atoms with Gasteiger partial charge in [-0.2, -0.15) is 0 Å². The molecule has 0 aromatic carbocycles. The van der Waals surface area contributed by atoms with Gasteiger partial charge in [-0.25, -0.2) is 0 Å². The van der Waals surface area contributed by atoms with Crippen molar-refractivity contribution in [2.45, 2.75) is 19.3 Å². The van der Waals surface area contributed by atoms with Crippen LogP contribution in [0.4, 0.5) is 0 Å². The fourth-order valence-corrected chi connectivity index (χ4v) is 1.68. The molecule has 0 radical (unpaired) electrons. The summed E-state index contributed by atoms with van der Waals surface area (Å²) in [5.74, 6) is 0.152. The van der Waals surface area contributed by atoms with E-state index in [0.717, 1.165) is 24.6 Å². The molecule has 0 aromatic heterocycles. The highest BCUT2D eigenvalue weighted by Gasteiger charge is 2.22. The zero-order valence-electron chi connectivity index (χ0n) is 5.81. The van der Waals surface area contributed by atoms with Crippen LogP contribution in [0.2, 0.25) is 0 Å². The molecule has 1 atom stereocenters. The van der Waals surface area contributed by atoms with E-state index < -0.39 is 0 Å². The monoisotopic (exact) mass is 206 g/mol. The Morgan fingerprint density at radius 3 is 3.10 bits per heavy atom. The molecule has 1 heterocycles. The fourth-order valence-electron chi connectivity index (χ4n) is 1.13. The lowest BCUT2D eigenvalue weighted by Crippen LogP contribution is -2.24. The summed E-state index contributed by atoms with van der Waals surface area (Å²) in [5, 5.41) is 0.896. The Balaban J connectivity index is 2.32. The number of rotatable bonds is 2. The molecule has 1 saturated heterocycles. The van der Waals surface area contributed by atoms with Crippen LogP contribution in [0.3, 0.4) is 0 Å². The van der Waals surface area contributed by atoms with Crippen molar-refractivity contribution in [3.63, 3.8) is 0 Å². The Kier molecular flexibility index (Phi) is 3.19. The van der Waals surface area contributed by atoms with E-state index in [1.807, 2.05) is 0 Å². The van der Waals surface area contributed by atoms with E-state index in [2.05, 4.69) is 15.9 Å². The lowest BCUT2D eigenvalue weighted by Gasteiger charge is -2.19. The van der Waals surface area contributed by atoms with Gasteiger partial charge in [-0.05, 0) is 19.3 Å². The van der Waals surface area contributed by atoms with Gasteiger partial charge >= 0.3 is 5.97 Å². The van der Waals surface area contributed by atoms with Gasteiger partial charge in [-0.1, -0.05) is 15.9 Å². The highest BCUT2D eigenvalue weighted by Crippen LogP contribution is 2.18. The second kappa shape index (κ2) is 3.96. The van der Waals surface area contributed by atoms with E-state index >= 15 is 0 Å². The molecular formula is C7H11BrO2. The Morgan fingerprint density at radius 1 is 1.70 bits per heavy atom. The topological polar surface area (TPSA) is 26.3 Å². The minimum absolute atomic E-state index is 0.00861. The first-order valence-corrected chi connectivity index (χ1v) is 4.69. The molecule has 58 valence electrons. The SMILES string of the molecule is O=C1OCCCC1CCBr. The second-order valence-electron chi connectivity index (χ2n) is 2.48. The van der Waals surface area contributed by atoms with Crippen molar-refractivity contribution in [1.82, 2.24) is 0 Å². The van der Waals surface area contributed by atoms with Gasteiger partial charge in [0.15, 0.2) is 0 Å². The van der Waals surface area contributed by atoms with Gasteiger partial charge in [0, 0.05) is 5.33 Å². The van der Waals surface area contributed by atoms with Gasteiger partial charge in [0.05, 0.1) is 12.5 Å². The van der Waals surface area contributed by atoms with Crippen molar-refractivity contribution in [2.24, 2.45) is 5.92 Å². The van der Waals surface area contributed by atoms with Crippen molar-refractivity contribution in [2.75, 3.05) is 11.9 Å². The molecule has 2 nitrogen and oxygen atoms in total. The molecular weight excluding hydrogens is 196 g/mol. The van der Waals surface area contributed by atoms with Gasteiger partial charge < -0.3 is 4.74 Å². The summed E-state index contributed by atoms with van der Waals surface area (Å²) in [4.78, 5) is 10.9. The number of cyclic esters (lactones) is 1. The maximum atomic E-state index is 10.9. The average molecular weight is 207 g/mol. The van der Waals surface area contributed by atoms with Gasteiger partial charge in [-0.3, -0.25) is 4.79 Å². The molecule has 3 heteroatoms. The molecule has 0 amide bonds. The van der Waals surface area contributed by atoms with Crippen molar-refractivity contribution in [1.29, 1.82) is 0 Å². The van der Waals surface area contributed by atoms with E-state index in [1.54, 1.807) is 0 Å². The lowest BCUT2D eigenvalue weighted by atomic mass is 9.99. The van der Waals surface area contributed by atoms with Crippen LogP contribution in [-0.4, -0.2) is 17.9 Å². The Labute approximate surface area is 69.1 Å². The van der Waals surface area contributed by atoms with Crippen LogP contribution in [0.1, 0.15) is 19.3 Å². The Morgan fingerprint density at radius 2 is 2.50 bits per heavy atom. The Hall–Kier alpha value is -0.0500. The van der Waals surface area contributed by atoms with Crippen molar-refractivity contribution in [3.05, 3.63) is 0 Å². The van der Waals surface area contributed by atoms with E-state index in [9.17, 15) is 4.79 Å². The largest absolute Gasteiger partial charge is 0.465 e. The normalized spacial score (nSPS) is 26.1. The molecule has 0 spiro atoms. The first-order valence-electron chi connectivity index (χ1n) is 3.57. The first kappa shape index (κ1) is 8.05. The summed E-state index contributed by atoms with van der Waals surface area (Å²) < 4.78 is 4.88. The van der Waals surface area contributed by atoms with E-state index in [0.29, 0.717) is 6.61 Å². The summed E-state index contributed by atoms with van der Waals surface area (Å²) in [5.41, 5.74) is 0. The minimum atomic E-state index is -0.00861. The smallest absolute Gasteiger partial charge is 0.308 e. The maximum absolute atomic E-state index is 10.9. The standard InChI is InChI=1S/C7H11BrO2/c8-4-3-6-2-1-5-10-7(6)9/h6H,1-5H2. The third-order valence-corrected chi connectivity index (χ3v) is 2.19. The molecule has 1 aliphatic rings. The van der Waals surface area contributed by atoms with Crippen LogP contribution in [0.25, 0.3) is 0 Å². The predicted octanol–water partition coefficient (Wildman–Crippen LogP) is 1.72. The molecule has 1 rings (SSSR count). The highest BCUT2D eigenvalue weighted by atomic mass is 79.9. The molecule has 1 unspecified atom stereocenters. The minimum Gasteiger partial charge on any atom is -0.465 e. The summed E-state index contributed by atoms with van der Waals surface area (Å²) in [6, 6.07) is 0. The number of carbonyl (C=O) groups is 1. The molecule has 0 aromatic rings. The first-order chi connectivity index (χ1) is 4.84. The third-order valence-electron chi connectivity index (χ3n) is 1.73. The number of ether oxygens (including phenoxy) is 1. The van der Waals surface area contributed by atoms with Crippen LogP contribution in [0, 0.1) is 5.92 Å². The average Bonchev–Trinajstić information content (AvgIpc) is 1.94. The molecule has 0 saturated carbocycles. The Bertz CT molecular complexity index is 123. The van der Waals surface area contributed by atoms with E-state index in [4.69, 9.17) is 4.74 Å². The van der Waals surface area contributed by atoms with Crippen molar-refractivity contribution >= 4 is 21.9 Å². The van der Waals surface area contributed by atoms with Crippen LogP contribution < -0.4 is 0 Å². The van der Waals surface area contributed by atoms with Crippen LogP contribution in [0.5, 0.6) is 0 Å². The summed E-state index contributed by atoms with van der Waals surface area (Å²) in [7, 11) is 0. The van der Waals surface area contributed by atoms with Crippen LogP contribution in [0.15, 0.2) is 0 Å². The molecule has 0 N–H and O–H groups in total. The second-order valence-corrected chi connectivity index (χ2v) is 3.28. The quantitative estimate of drug-likeness (QED) is 0.509. The lowest BCUT2D eigenvalue weighted by molar-refractivity contribution is -0.152. The van der Waals surface area contributed by atoms with E-state index in [1.165, 1.54) is 0 Å². The van der Waals surface area contributed by atoms with Crippen molar-refractivity contribution < 1.29 is 9.53 Å². The number of halogens is 1. The zero-order chi connectivity index (χ0) is 7.40. The van der Waals surface area contributed by atoms with Crippen molar-refractivity contribution in [3.8, 4) is 0 Å². The number of alkyl halides is 1. The van der Waals surface area contributed by atoms with Gasteiger partial charge in [-0.15, -0.1) is 0 Å². The maximum Gasteiger partial charge on any atom is 0.308 e. The number of carbonyl (C=O) groups excluding carboxylic acids is 1. The molecule has 10 heavy (non-hydrogen) atoms. The summed E-state index contributed by atoms with van der Waals surface area (Å²) in [6.07, 6.45) is 2.95. The molecule has 1 fully saturated rings. The third kappa shape index (κ3) is 1.97. The van der Waals surface area contributed by atoms with Gasteiger partial charge in [0.1, 0.15) is 0 Å². The van der Waals surface area contributed by atoms with Gasteiger partial charge in [0.2, 0.25) is 0 Å². The van der Waals surface area contributed by atoms with Crippen LogP contribution >= 0.6 is 15.9 Å². The van der Waals surface area contributed by atoms with Gasteiger partial charge in [0.25, 0.3) is 0 Å². The zero-order valence-corrected chi connectivity index (χ0v) is 7.39. The number of hydrogen-bond donors (Lipinski definition) is 0. The predicted molar refractivity (Wildman–Crippen MR) is 42.1 cm³/mol. The fraction of sp³-hybridized carbons (Fsp3) is 0.857. The number of esters is 1. The van der Waals surface area contributed by atoms with Crippen LogP contribution in [-0.2, 0) is 9.53 Å².